The van der Waals surface area contributed by atoms with Gasteiger partial charge in [0, 0.05) is 39.8 Å². The molecule has 3 aliphatic heterocycles. The van der Waals surface area contributed by atoms with Gasteiger partial charge < -0.3 is 15.1 Å². The summed E-state index contributed by atoms with van der Waals surface area (Å²) in [5, 5.41) is 2.83. The summed E-state index contributed by atoms with van der Waals surface area (Å²) >= 11 is 0. The molecule has 0 spiro atoms. The van der Waals surface area contributed by atoms with Gasteiger partial charge in [-0.15, -0.1) is 0 Å². The molecule has 2 aromatic carbocycles. The third-order valence-electron chi connectivity index (χ3n) is 7.22. The first-order chi connectivity index (χ1) is 17.3. The van der Waals surface area contributed by atoms with Crippen molar-refractivity contribution in [3.63, 3.8) is 0 Å². The molecule has 0 aliphatic carbocycles. The molecule has 4 amide bonds. The van der Waals surface area contributed by atoms with Crippen molar-refractivity contribution in [2.75, 3.05) is 46.3 Å². The van der Waals surface area contributed by atoms with Crippen LogP contribution in [0.2, 0.25) is 0 Å². The summed E-state index contributed by atoms with van der Waals surface area (Å²) in [7, 11) is 1.61. The van der Waals surface area contributed by atoms with Gasteiger partial charge in [-0.3, -0.25) is 19.4 Å². The topological polar surface area (TPSA) is 76.2 Å². The number of aryl methyl sites for hydroxylation is 1. The van der Waals surface area contributed by atoms with E-state index in [1.807, 2.05) is 0 Å². The number of hydrogen-bond donors (Lipinski definition) is 1. The van der Waals surface area contributed by atoms with E-state index in [2.05, 4.69) is 41.4 Å². The van der Waals surface area contributed by atoms with E-state index in [0.29, 0.717) is 29.9 Å². The Kier molecular flexibility index (Phi) is 6.49. The van der Waals surface area contributed by atoms with Crippen LogP contribution in [0.4, 0.5) is 9.18 Å². The molecule has 9 heteroatoms. The van der Waals surface area contributed by atoms with Crippen molar-refractivity contribution in [2.45, 2.75) is 19.5 Å². The van der Waals surface area contributed by atoms with Gasteiger partial charge in [0.15, 0.2) is 0 Å². The van der Waals surface area contributed by atoms with Crippen LogP contribution < -0.4 is 5.32 Å². The van der Waals surface area contributed by atoms with Crippen LogP contribution in [-0.4, -0.2) is 83.8 Å². The number of urea groups is 1. The molecule has 0 radical (unpaired) electrons. The first-order valence-electron chi connectivity index (χ1n) is 12.2. The van der Waals surface area contributed by atoms with Crippen LogP contribution in [0.1, 0.15) is 22.7 Å². The van der Waals surface area contributed by atoms with Gasteiger partial charge in [-0.25, -0.2) is 9.18 Å². The second kappa shape index (κ2) is 9.73. The Balaban J connectivity index is 1.21. The molecule has 2 aromatic rings. The second-order valence-electron chi connectivity index (χ2n) is 9.66. The van der Waals surface area contributed by atoms with Crippen molar-refractivity contribution in [3.8, 4) is 0 Å². The molecule has 8 nitrogen and oxygen atoms in total. The van der Waals surface area contributed by atoms with Crippen molar-refractivity contribution >= 4 is 17.8 Å². The number of halogens is 1. The highest BCUT2D eigenvalue weighted by Gasteiger charge is 2.43. The van der Waals surface area contributed by atoms with Gasteiger partial charge in [0.2, 0.25) is 5.91 Å². The Morgan fingerprint density at radius 3 is 2.33 bits per heavy atom. The first-order valence-corrected chi connectivity index (χ1v) is 12.2. The highest BCUT2D eigenvalue weighted by molar-refractivity contribution is 6.02. The van der Waals surface area contributed by atoms with E-state index in [-0.39, 0.29) is 30.9 Å². The van der Waals surface area contributed by atoms with Gasteiger partial charge >= 0.3 is 6.03 Å². The molecule has 3 heterocycles. The maximum absolute atomic E-state index is 13.4. The van der Waals surface area contributed by atoms with Crippen LogP contribution in [0.3, 0.4) is 0 Å². The van der Waals surface area contributed by atoms with E-state index in [0.717, 1.165) is 19.6 Å². The van der Waals surface area contributed by atoms with Crippen molar-refractivity contribution in [1.82, 2.24) is 24.9 Å². The summed E-state index contributed by atoms with van der Waals surface area (Å²) in [4.78, 5) is 46.1. The Morgan fingerprint density at radius 1 is 1.00 bits per heavy atom. The average Bonchev–Trinajstić information content (AvgIpc) is 3.20. The molecule has 1 atom stereocenters. The number of likely N-dealkylation sites (N-methyl/N-ethyl adjacent to an activating group) is 1. The molecule has 0 saturated carbocycles. The number of nitrogens with zero attached hydrogens (tertiary/aromatic N) is 4. The van der Waals surface area contributed by atoms with Gasteiger partial charge in [0.25, 0.3) is 5.91 Å². The SMILES string of the molecule is Cc1ccc(CN2CCN(C(=O)CN3CC4=C(C3=O)C(c3ccc(F)cc3)NC(=O)N4C)CC2)cc1. The smallest absolute Gasteiger partial charge is 0.322 e. The predicted octanol–water partition coefficient (Wildman–Crippen LogP) is 2.27. The lowest BCUT2D eigenvalue weighted by molar-refractivity contribution is -0.139. The number of carbonyl (C=O) groups excluding carboxylic acids is 3. The number of benzene rings is 2. The quantitative estimate of drug-likeness (QED) is 0.697. The minimum absolute atomic E-state index is 0.0397. The highest BCUT2D eigenvalue weighted by Crippen LogP contribution is 2.35. The number of hydrogen-bond acceptors (Lipinski definition) is 4. The van der Waals surface area contributed by atoms with Crippen LogP contribution in [0.5, 0.6) is 0 Å². The zero-order valence-electron chi connectivity index (χ0n) is 20.5. The number of nitrogens with one attached hydrogen (secondary N) is 1. The zero-order valence-corrected chi connectivity index (χ0v) is 20.5. The maximum atomic E-state index is 13.4. The number of rotatable bonds is 5. The average molecular weight is 492 g/mol. The summed E-state index contributed by atoms with van der Waals surface area (Å²) in [5.41, 5.74) is 4.12. The Morgan fingerprint density at radius 2 is 1.67 bits per heavy atom. The lowest BCUT2D eigenvalue weighted by Crippen LogP contribution is -2.51. The fraction of sp³-hybridized carbons (Fsp3) is 0.370. The van der Waals surface area contributed by atoms with Crippen LogP contribution in [0, 0.1) is 12.7 Å². The third-order valence-corrected chi connectivity index (χ3v) is 7.22. The van der Waals surface area contributed by atoms with Crippen LogP contribution in [0.15, 0.2) is 59.8 Å². The summed E-state index contributed by atoms with van der Waals surface area (Å²) in [6.07, 6.45) is 0. The van der Waals surface area contributed by atoms with E-state index in [1.165, 1.54) is 33.1 Å². The molecule has 1 fully saturated rings. The molecule has 0 aromatic heterocycles. The van der Waals surface area contributed by atoms with E-state index in [1.54, 1.807) is 24.1 Å². The minimum atomic E-state index is -0.678. The fourth-order valence-corrected chi connectivity index (χ4v) is 5.03. The molecule has 1 N–H and O–H groups in total. The minimum Gasteiger partial charge on any atom is -0.339 e. The maximum Gasteiger partial charge on any atom is 0.322 e. The van der Waals surface area contributed by atoms with Crippen molar-refractivity contribution in [1.29, 1.82) is 0 Å². The number of piperazine rings is 1. The second-order valence-corrected chi connectivity index (χ2v) is 9.66. The molecule has 188 valence electrons. The third kappa shape index (κ3) is 4.70. The van der Waals surface area contributed by atoms with Crippen LogP contribution in [-0.2, 0) is 16.1 Å². The Bertz CT molecular complexity index is 1200. The summed E-state index contributed by atoms with van der Waals surface area (Å²) in [6, 6.07) is 13.2. The zero-order chi connectivity index (χ0) is 25.4. The van der Waals surface area contributed by atoms with Gasteiger partial charge in [-0.1, -0.05) is 42.0 Å². The molecular weight excluding hydrogens is 461 g/mol. The summed E-state index contributed by atoms with van der Waals surface area (Å²) in [6.45, 7) is 5.83. The summed E-state index contributed by atoms with van der Waals surface area (Å²) in [5.74, 6) is -0.771. The molecule has 3 aliphatic rings. The normalized spacial score (nSPS) is 20.6. The fourth-order valence-electron chi connectivity index (χ4n) is 5.03. The number of amides is 4. The van der Waals surface area contributed by atoms with Gasteiger partial charge in [0.1, 0.15) is 12.4 Å². The van der Waals surface area contributed by atoms with E-state index in [9.17, 15) is 18.8 Å². The molecule has 1 unspecified atom stereocenters. The van der Waals surface area contributed by atoms with Crippen molar-refractivity contribution < 1.29 is 18.8 Å². The molecule has 36 heavy (non-hydrogen) atoms. The van der Waals surface area contributed by atoms with Crippen LogP contribution >= 0.6 is 0 Å². The standard InChI is InChI=1S/C27H30FN5O3/c1-18-3-5-19(6-4-18)15-31-11-13-32(14-12-31)23(34)17-33-16-22-24(26(33)35)25(29-27(36)30(22)2)20-7-9-21(28)10-8-20/h3-10,25H,11-17H2,1-2H3,(H,29,36). The molecular formula is C27H30FN5O3. The van der Waals surface area contributed by atoms with Crippen molar-refractivity contribution in [2.24, 2.45) is 0 Å². The molecule has 1 saturated heterocycles. The Hall–Kier alpha value is -3.72. The van der Waals surface area contributed by atoms with E-state index >= 15 is 0 Å². The molecule has 0 bridgehead atoms. The largest absolute Gasteiger partial charge is 0.339 e. The van der Waals surface area contributed by atoms with Gasteiger partial charge in [0.05, 0.1) is 23.9 Å². The lowest BCUT2D eigenvalue weighted by Gasteiger charge is -2.35. The predicted molar refractivity (Wildman–Crippen MR) is 132 cm³/mol. The highest BCUT2D eigenvalue weighted by atomic mass is 19.1. The van der Waals surface area contributed by atoms with Crippen molar-refractivity contribution in [3.05, 3.63) is 82.3 Å². The van der Waals surface area contributed by atoms with E-state index < -0.39 is 11.9 Å². The monoisotopic (exact) mass is 491 g/mol. The Labute approximate surface area is 209 Å². The van der Waals surface area contributed by atoms with Gasteiger partial charge in [-0.05, 0) is 30.2 Å². The van der Waals surface area contributed by atoms with Crippen LogP contribution in [0.25, 0.3) is 0 Å². The number of carbonyl (C=O) groups is 3. The summed E-state index contributed by atoms with van der Waals surface area (Å²) < 4.78 is 13.4. The first kappa shape index (κ1) is 24.0. The molecule has 5 rings (SSSR count). The van der Waals surface area contributed by atoms with E-state index in [4.69, 9.17) is 0 Å². The lowest BCUT2D eigenvalue weighted by atomic mass is 9.96. The van der Waals surface area contributed by atoms with Gasteiger partial charge in [-0.2, -0.15) is 0 Å².